The molecule has 1 fully saturated rings. The van der Waals surface area contributed by atoms with E-state index in [2.05, 4.69) is 9.88 Å². The number of rotatable bonds is 5. The molecule has 0 bridgehead atoms. The number of aliphatic carboxylic acids is 1. The molecule has 0 saturated carbocycles. The van der Waals surface area contributed by atoms with Gasteiger partial charge in [-0.1, -0.05) is 17.7 Å². The van der Waals surface area contributed by atoms with E-state index >= 15 is 0 Å². The molecule has 5 nitrogen and oxygen atoms in total. The molecule has 1 N–H and O–H groups in total. The summed E-state index contributed by atoms with van der Waals surface area (Å²) in [6.07, 6.45) is 1.88. The highest BCUT2D eigenvalue weighted by Crippen LogP contribution is 2.24. The van der Waals surface area contributed by atoms with Crippen molar-refractivity contribution in [1.82, 2.24) is 9.88 Å². The van der Waals surface area contributed by atoms with Crippen molar-refractivity contribution in [1.29, 1.82) is 0 Å². The highest BCUT2D eigenvalue weighted by Gasteiger charge is 2.29. The smallest absolute Gasteiger partial charge is 0.303 e. The number of oxazole rings is 1. The Morgan fingerprint density at radius 1 is 1.48 bits per heavy atom. The number of hydrogen-bond donors (Lipinski definition) is 1. The predicted octanol–water partition coefficient (Wildman–Crippen LogP) is 2.90. The van der Waals surface area contributed by atoms with Gasteiger partial charge < -0.3 is 9.52 Å². The number of carboxylic acid groups (broad SMARTS) is 1. The monoisotopic (exact) mass is 306 g/mol. The summed E-state index contributed by atoms with van der Waals surface area (Å²) in [7, 11) is 0. The van der Waals surface area contributed by atoms with Crippen LogP contribution in [0.4, 0.5) is 0 Å². The van der Waals surface area contributed by atoms with Crippen molar-refractivity contribution < 1.29 is 14.3 Å². The van der Waals surface area contributed by atoms with Crippen molar-refractivity contribution in [3.8, 4) is 11.5 Å². The van der Waals surface area contributed by atoms with E-state index in [9.17, 15) is 4.79 Å². The molecule has 1 aliphatic heterocycles. The fourth-order valence-electron chi connectivity index (χ4n) is 2.54. The largest absolute Gasteiger partial charge is 0.481 e. The molecule has 0 unspecified atom stereocenters. The molecule has 110 valence electrons. The average Bonchev–Trinajstić information content (AvgIpc) is 2.84. The maximum atomic E-state index is 10.6. The topological polar surface area (TPSA) is 66.6 Å². The van der Waals surface area contributed by atoms with Crippen LogP contribution >= 0.6 is 11.6 Å². The highest BCUT2D eigenvalue weighted by molar-refractivity contribution is 6.30. The van der Waals surface area contributed by atoms with Crippen LogP contribution in [0, 0.1) is 5.92 Å². The molecule has 2 heterocycles. The molecule has 1 aromatic heterocycles. The van der Waals surface area contributed by atoms with Crippen LogP contribution in [0.25, 0.3) is 11.5 Å². The number of benzene rings is 1. The van der Waals surface area contributed by atoms with Crippen molar-refractivity contribution in [3.63, 3.8) is 0 Å². The lowest BCUT2D eigenvalue weighted by Gasteiger charge is -2.37. The van der Waals surface area contributed by atoms with Crippen LogP contribution in [0.1, 0.15) is 12.1 Å². The summed E-state index contributed by atoms with van der Waals surface area (Å²) in [5.41, 5.74) is 1.69. The molecule has 3 rings (SSSR count). The molecule has 0 amide bonds. The minimum absolute atomic E-state index is 0.239. The fraction of sp³-hybridized carbons (Fsp3) is 0.333. The number of halogens is 1. The number of aromatic nitrogens is 1. The van der Waals surface area contributed by atoms with E-state index in [1.54, 1.807) is 12.3 Å². The molecule has 6 heteroatoms. The van der Waals surface area contributed by atoms with Gasteiger partial charge in [-0.25, -0.2) is 4.98 Å². The summed E-state index contributed by atoms with van der Waals surface area (Å²) in [4.78, 5) is 17.2. The quantitative estimate of drug-likeness (QED) is 0.920. The molecule has 1 aromatic carbocycles. The summed E-state index contributed by atoms with van der Waals surface area (Å²) in [5.74, 6) is 0.0706. The minimum atomic E-state index is -0.732. The molecule has 1 aliphatic rings. The van der Waals surface area contributed by atoms with Gasteiger partial charge in [-0.15, -0.1) is 0 Å². The van der Waals surface area contributed by atoms with Crippen LogP contribution in [0.3, 0.4) is 0 Å². The first kappa shape index (κ1) is 14.1. The van der Waals surface area contributed by atoms with Crippen LogP contribution in [-0.4, -0.2) is 34.0 Å². The summed E-state index contributed by atoms with van der Waals surface area (Å²) < 4.78 is 5.48. The Hall–Kier alpha value is -1.85. The molecule has 1 saturated heterocycles. The van der Waals surface area contributed by atoms with Crippen LogP contribution in [-0.2, 0) is 11.3 Å². The SMILES string of the molecule is O=C(O)CC1CN(Cc2coc(-c3cccc(Cl)c3)n2)C1. The maximum Gasteiger partial charge on any atom is 0.303 e. The molecule has 2 aromatic rings. The van der Waals surface area contributed by atoms with Crippen molar-refractivity contribution in [2.45, 2.75) is 13.0 Å². The van der Waals surface area contributed by atoms with Gasteiger partial charge in [-0.05, 0) is 24.1 Å². The van der Waals surface area contributed by atoms with E-state index < -0.39 is 5.97 Å². The van der Waals surface area contributed by atoms with Crippen molar-refractivity contribution >= 4 is 17.6 Å². The molecule has 0 radical (unpaired) electrons. The van der Waals surface area contributed by atoms with Crippen molar-refractivity contribution in [3.05, 3.63) is 41.2 Å². The second kappa shape index (κ2) is 5.87. The summed E-state index contributed by atoms with van der Waals surface area (Å²) >= 11 is 5.95. The first-order valence-corrected chi connectivity index (χ1v) is 7.12. The van der Waals surface area contributed by atoms with Crippen LogP contribution < -0.4 is 0 Å². The molecule has 0 spiro atoms. The third-order valence-corrected chi connectivity index (χ3v) is 3.74. The fourth-order valence-corrected chi connectivity index (χ4v) is 2.74. The Bertz CT molecular complexity index is 650. The van der Waals surface area contributed by atoms with E-state index in [-0.39, 0.29) is 12.3 Å². The van der Waals surface area contributed by atoms with Gasteiger partial charge >= 0.3 is 5.97 Å². The zero-order chi connectivity index (χ0) is 14.8. The Kier molecular flexibility index (Phi) is 3.94. The van der Waals surface area contributed by atoms with E-state index in [1.807, 2.05) is 18.2 Å². The number of likely N-dealkylation sites (tertiary alicyclic amines) is 1. The zero-order valence-electron chi connectivity index (χ0n) is 11.3. The third-order valence-electron chi connectivity index (χ3n) is 3.51. The second-order valence-corrected chi connectivity index (χ2v) is 5.75. The van der Waals surface area contributed by atoms with E-state index in [1.165, 1.54) is 0 Å². The predicted molar refractivity (Wildman–Crippen MR) is 78.0 cm³/mol. The Morgan fingerprint density at radius 3 is 3.00 bits per heavy atom. The first-order chi connectivity index (χ1) is 10.1. The minimum Gasteiger partial charge on any atom is -0.481 e. The van der Waals surface area contributed by atoms with Crippen LogP contribution in [0.5, 0.6) is 0 Å². The Balaban J connectivity index is 1.58. The van der Waals surface area contributed by atoms with Gasteiger partial charge in [0.25, 0.3) is 0 Å². The van der Waals surface area contributed by atoms with Gasteiger partial charge in [0.15, 0.2) is 0 Å². The van der Waals surface area contributed by atoms with Crippen molar-refractivity contribution in [2.24, 2.45) is 5.92 Å². The number of hydrogen-bond acceptors (Lipinski definition) is 4. The maximum absolute atomic E-state index is 10.6. The van der Waals surface area contributed by atoms with E-state index in [0.717, 1.165) is 24.3 Å². The van der Waals surface area contributed by atoms with Gasteiger partial charge in [0, 0.05) is 30.2 Å². The van der Waals surface area contributed by atoms with Gasteiger partial charge in [0.2, 0.25) is 5.89 Å². The molecule has 0 atom stereocenters. The van der Waals surface area contributed by atoms with Gasteiger partial charge in [0.05, 0.1) is 12.1 Å². The van der Waals surface area contributed by atoms with Gasteiger partial charge in [0.1, 0.15) is 6.26 Å². The zero-order valence-corrected chi connectivity index (χ0v) is 12.1. The molecule has 21 heavy (non-hydrogen) atoms. The Labute approximate surface area is 127 Å². The molecular formula is C15H15ClN2O3. The molecular weight excluding hydrogens is 292 g/mol. The number of carboxylic acids is 1. The number of nitrogens with zero attached hydrogens (tertiary/aromatic N) is 2. The summed E-state index contributed by atoms with van der Waals surface area (Å²) in [5, 5.41) is 9.36. The van der Waals surface area contributed by atoms with Crippen LogP contribution in [0.15, 0.2) is 34.9 Å². The van der Waals surface area contributed by atoms with E-state index in [0.29, 0.717) is 17.5 Å². The summed E-state index contributed by atoms with van der Waals surface area (Å²) in [6.45, 7) is 2.28. The second-order valence-electron chi connectivity index (χ2n) is 5.31. The lowest BCUT2D eigenvalue weighted by Crippen LogP contribution is -2.46. The summed E-state index contributed by atoms with van der Waals surface area (Å²) in [6, 6.07) is 7.36. The van der Waals surface area contributed by atoms with Gasteiger partial charge in [-0.3, -0.25) is 9.69 Å². The van der Waals surface area contributed by atoms with Crippen molar-refractivity contribution in [2.75, 3.05) is 13.1 Å². The standard InChI is InChI=1S/C15H15ClN2O3/c16-12-3-1-2-11(5-12)15-17-13(9-21-15)8-18-6-10(7-18)4-14(19)20/h1-3,5,9-10H,4,6-8H2,(H,19,20). The lowest BCUT2D eigenvalue weighted by molar-refractivity contribution is -0.139. The third kappa shape index (κ3) is 3.43. The lowest BCUT2D eigenvalue weighted by atomic mass is 9.96. The highest BCUT2D eigenvalue weighted by atomic mass is 35.5. The first-order valence-electron chi connectivity index (χ1n) is 6.74. The normalized spacial score (nSPS) is 15.9. The Morgan fingerprint density at radius 2 is 2.29 bits per heavy atom. The van der Waals surface area contributed by atoms with Crippen LogP contribution in [0.2, 0.25) is 5.02 Å². The number of carbonyl (C=O) groups is 1. The molecule has 0 aliphatic carbocycles. The van der Waals surface area contributed by atoms with Gasteiger partial charge in [-0.2, -0.15) is 0 Å². The van der Waals surface area contributed by atoms with E-state index in [4.69, 9.17) is 21.1 Å². The average molecular weight is 307 g/mol.